The Morgan fingerprint density at radius 1 is 1.00 bits per heavy atom. The Hall–Kier alpha value is -0.218. The summed E-state index contributed by atoms with van der Waals surface area (Å²) in [5, 5.41) is 34.6. The Bertz CT molecular complexity index is 137. The van der Waals surface area contributed by atoms with Crippen molar-refractivity contribution in [1.29, 1.82) is 0 Å². The molecule has 2 atom stereocenters. The Labute approximate surface area is 95.4 Å². The number of hydrogen-bond donors (Lipinski definition) is 2. The third-order valence-corrected chi connectivity index (χ3v) is 0.682. The standard InChI is InChI=1S/2C3H6O3.Pb/c2*1-2(4)3(5)6;/h2*2,4H,1H3,(H,5,6);/q;;+2/p-2/t2*2-;/m00./s1. The van der Waals surface area contributed by atoms with Gasteiger partial charge in [0.15, 0.2) is 0 Å². The second-order valence-corrected chi connectivity index (χ2v) is 1.99. The van der Waals surface area contributed by atoms with Crippen LogP contribution in [0.1, 0.15) is 13.8 Å². The molecular formula is C6H10O6Pb. The van der Waals surface area contributed by atoms with Crippen LogP contribution in [0, 0.1) is 0 Å². The fraction of sp³-hybridized carbons (Fsp3) is 0.667. The van der Waals surface area contributed by atoms with E-state index in [9.17, 15) is 19.8 Å². The van der Waals surface area contributed by atoms with Crippen LogP contribution >= 0.6 is 0 Å². The van der Waals surface area contributed by atoms with Crippen molar-refractivity contribution >= 4 is 39.2 Å². The second kappa shape index (κ2) is 9.87. The smallest absolute Gasteiger partial charge is 0.547 e. The second-order valence-electron chi connectivity index (χ2n) is 1.99. The number of aliphatic carboxylic acids is 2. The van der Waals surface area contributed by atoms with Crippen LogP contribution in [0.2, 0.25) is 0 Å². The molecule has 74 valence electrons. The molecule has 0 aromatic carbocycles. The summed E-state index contributed by atoms with van der Waals surface area (Å²) in [6.45, 7) is 2.27. The number of carboxylic acid groups (broad SMARTS) is 2. The summed E-state index contributed by atoms with van der Waals surface area (Å²) < 4.78 is 0. The van der Waals surface area contributed by atoms with Crippen LogP contribution in [-0.2, 0) is 9.59 Å². The van der Waals surface area contributed by atoms with Crippen molar-refractivity contribution in [2.45, 2.75) is 26.1 Å². The van der Waals surface area contributed by atoms with E-state index >= 15 is 0 Å². The van der Waals surface area contributed by atoms with Crippen molar-refractivity contribution in [2.24, 2.45) is 0 Å². The van der Waals surface area contributed by atoms with Gasteiger partial charge in [-0.1, -0.05) is 0 Å². The van der Waals surface area contributed by atoms with Gasteiger partial charge >= 0.3 is 27.3 Å². The molecule has 0 aliphatic carbocycles. The van der Waals surface area contributed by atoms with Crippen molar-refractivity contribution in [3.8, 4) is 0 Å². The summed E-state index contributed by atoms with van der Waals surface area (Å²) in [5.74, 6) is -2.87. The van der Waals surface area contributed by atoms with Gasteiger partial charge in [0.2, 0.25) is 0 Å². The van der Waals surface area contributed by atoms with Crippen LogP contribution in [0.15, 0.2) is 0 Å². The summed E-state index contributed by atoms with van der Waals surface area (Å²) >= 11 is 0. The van der Waals surface area contributed by atoms with Gasteiger partial charge in [-0.3, -0.25) is 0 Å². The number of rotatable bonds is 2. The van der Waals surface area contributed by atoms with Crippen LogP contribution in [0.25, 0.3) is 0 Å². The number of carbonyl (C=O) groups excluding carboxylic acids is 2. The molecule has 7 heteroatoms. The van der Waals surface area contributed by atoms with E-state index in [1.54, 1.807) is 0 Å². The number of hydrogen-bond acceptors (Lipinski definition) is 6. The summed E-state index contributed by atoms with van der Waals surface area (Å²) in [4.78, 5) is 18.7. The molecule has 0 aromatic heterocycles. The molecule has 0 unspecified atom stereocenters. The van der Waals surface area contributed by atoms with Gasteiger partial charge in [0, 0.05) is 0 Å². The minimum absolute atomic E-state index is 0. The maximum Gasteiger partial charge on any atom is 2.00 e. The molecule has 2 N–H and O–H groups in total. The minimum Gasteiger partial charge on any atom is -0.547 e. The fourth-order valence-corrected chi connectivity index (χ4v) is 0. The van der Waals surface area contributed by atoms with Crippen molar-refractivity contribution in [3.05, 3.63) is 0 Å². The quantitative estimate of drug-likeness (QED) is 0.466. The SMILES string of the molecule is C[C@H](O)C(=O)[O-].C[C@H](O)C(=O)[O-].[Pb+2]. The maximum atomic E-state index is 9.34. The molecule has 0 heterocycles. The predicted molar refractivity (Wildman–Crippen MR) is 39.1 cm³/mol. The van der Waals surface area contributed by atoms with Gasteiger partial charge in [-0.05, 0) is 13.8 Å². The van der Waals surface area contributed by atoms with Crippen LogP contribution in [0.5, 0.6) is 0 Å². The van der Waals surface area contributed by atoms with E-state index in [0.717, 1.165) is 13.8 Å². The van der Waals surface area contributed by atoms with E-state index in [0.29, 0.717) is 0 Å². The zero-order valence-electron chi connectivity index (χ0n) is 7.18. The van der Waals surface area contributed by atoms with E-state index in [1.165, 1.54) is 0 Å². The number of aliphatic hydroxyl groups excluding tert-OH is 2. The van der Waals surface area contributed by atoms with Gasteiger partial charge in [-0.25, -0.2) is 0 Å². The normalized spacial score (nSPS) is 12.6. The number of carboxylic acids is 2. The Morgan fingerprint density at radius 3 is 1.08 bits per heavy atom. The first-order valence-corrected chi connectivity index (χ1v) is 3.06. The van der Waals surface area contributed by atoms with Gasteiger partial charge in [0.25, 0.3) is 0 Å². The first kappa shape index (κ1) is 18.5. The average molecular weight is 385 g/mol. The molecule has 0 aliphatic heterocycles. The zero-order valence-corrected chi connectivity index (χ0v) is 11.1. The molecule has 0 aromatic rings. The molecule has 0 fully saturated rings. The molecule has 2 radical (unpaired) electrons. The topological polar surface area (TPSA) is 121 Å². The van der Waals surface area contributed by atoms with Crippen molar-refractivity contribution in [3.63, 3.8) is 0 Å². The number of aliphatic hydroxyl groups is 2. The van der Waals surface area contributed by atoms with Crippen LogP contribution < -0.4 is 10.2 Å². The maximum absolute atomic E-state index is 9.34. The molecule has 0 saturated heterocycles. The molecule has 0 aliphatic rings. The largest absolute Gasteiger partial charge is 2.00 e. The Balaban J connectivity index is -0.000000143. The van der Waals surface area contributed by atoms with Crippen molar-refractivity contribution in [2.75, 3.05) is 0 Å². The van der Waals surface area contributed by atoms with E-state index < -0.39 is 24.1 Å². The van der Waals surface area contributed by atoms with Gasteiger partial charge in [-0.2, -0.15) is 0 Å². The third kappa shape index (κ3) is 18.6. The van der Waals surface area contributed by atoms with E-state index in [1.807, 2.05) is 0 Å². The minimum atomic E-state index is -1.44. The van der Waals surface area contributed by atoms with Crippen molar-refractivity contribution in [1.82, 2.24) is 0 Å². The molecule has 0 saturated carbocycles. The molecule has 0 rings (SSSR count). The van der Waals surface area contributed by atoms with Gasteiger partial charge < -0.3 is 30.0 Å². The van der Waals surface area contributed by atoms with Crippen LogP contribution in [-0.4, -0.2) is 61.7 Å². The molecule has 0 bridgehead atoms. The molecular weight excluding hydrogens is 375 g/mol. The zero-order chi connectivity index (χ0) is 10.3. The summed E-state index contributed by atoms with van der Waals surface area (Å²) in [6.07, 6.45) is -2.69. The molecule has 13 heavy (non-hydrogen) atoms. The summed E-state index contributed by atoms with van der Waals surface area (Å²) in [6, 6.07) is 0. The van der Waals surface area contributed by atoms with Crippen LogP contribution in [0.3, 0.4) is 0 Å². The molecule has 0 amide bonds. The molecule has 6 nitrogen and oxygen atoms in total. The van der Waals surface area contributed by atoms with E-state index in [4.69, 9.17) is 10.2 Å². The average Bonchev–Trinajstić information content (AvgIpc) is 1.88. The van der Waals surface area contributed by atoms with Gasteiger partial charge in [0.05, 0.1) is 24.1 Å². The predicted octanol–water partition coefficient (Wildman–Crippen LogP) is -4.15. The first-order valence-electron chi connectivity index (χ1n) is 3.06. The molecule has 0 spiro atoms. The van der Waals surface area contributed by atoms with Gasteiger partial charge in [0.1, 0.15) is 0 Å². The summed E-state index contributed by atoms with van der Waals surface area (Å²) in [5.41, 5.74) is 0. The van der Waals surface area contributed by atoms with Crippen molar-refractivity contribution < 1.29 is 30.0 Å². The number of carbonyl (C=O) groups is 2. The summed E-state index contributed by atoms with van der Waals surface area (Å²) in [7, 11) is 0. The Kier molecular flexibility index (Phi) is 14.1. The van der Waals surface area contributed by atoms with E-state index in [2.05, 4.69) is 0 Å². The third-order valence-electron chi connectivity index (χ3n) is 0.682. The van der Waals surface area contributed by atoms with Crippen LogP contribution in [0.4, 0.5) is 0 Å². The fourth-order valence-electron chi connectivity index (χ4n) is 0. The monoisotopic (exact) mass is 386 g/mol. The first-order chi connectivity index (χ1) is 5.29. The Morgan fingerprint density at radius 2 is 1.08 bits per heavy atom. The van der Waals surface area contributed by atoms with E-state index in [-0.39, 0.29) is 27.3 Å². The van der Waals surface area contributed by atoms with Gasteiger partial charge in [-0.15, -0.1) is 0 Å².